The lowest BCUT2D eigenvalue weighted by Gasteiger charge is -2.28. The molecular weight excluding hydrogens is 310 g/mol. The summed E-state index contributed by atoms with van der Waals surface area (Å²) >= 11 is 0. The van der Waals surface area contributed by atoms with E-state index in [1.54, 1.807) is 0 Å². The number of imidazole rings is 1. The van der Waals surface area contributed by atoms with E-state index in [1.807, 2.05) is 24.3 Å². The topological polar surface area (TPSA) is 97.2 Å². The maximum absolute atomic E-state index is 10.8. The molecule has 3 aromatic rings. The van der Waals surface area contributed by atoms with Gasteiger partial charge in [0.05, 0.1) is 18.1 Å². The standard InChI is InChI=1S/C16H15N5O3/c22-21(23)13-9-14-16(17-10-13)19-15(18-14)11-1-3-12(4-2-11)20-5-7-24-8-6-20/h1-4,9-10H,5-8H2,(H,17,18,19). The Morgan fingerprint density at radius 2 is 1.96 bits per heavy atom. The second kappa shape index (κ2) is 5.89. The highest BCUT2D eigenvalue weighted by molar-refractivity contribution is 5.78. The molecule has 122 valence electrons. The van der Waals surface area contributed by atoms with E-state index in [2.05, 4.69) is 19.9 Å². The SMILES string of the molecule is O=[N+]([O-])c1cnc2[nH]c(-c3ccc(N4CCOCC4)cc3)nc2c1. The molecule has 0 amide bonds. The Hall–Kier alpha value is -3.00. The molecule has 3 heterocycles. The number of benzene rings is 1. The molecule has 8 heteroatoms. The Kier molecular flexibility index (Phi) is 3.58. The predicted octanol–water partition coefficient (Wildman–Crippen LogP) is 2.37. The highest BCUT2D eigenvalue weighted by Crippen LogP contribution is 2.24. The number of aromatic amines is 1. The summed E-state index contributed by atoms with van der Waals surface area (Å²) in [5, 5.41) is 10.8. The van der Waals surface area contributed by atoms with Crippen LogP contribution in [0.5, 0.6) is 0 Å². The number of hydrogen-bond acceptors (Lipinski definition) is 6. The molecule has 24 heavy (non-hydrogen) atoms. The Morgan fingerprint density at radius 3 is 2.67 bits per heavy atom. The molecular formula is C16H15N5O3. The van der Waals surface area contributed by atoms with Gasteiger partial charge >= 0.3 is 0 Å². The van der Waals surface area contributed by atoms with Crippen molar-refractivity contribution in [3.63, 3.8) is 0 Å². The summed E-state index contributed by atoms with van der Waals surface area (Å²) in [7, 11) is 0. The minimum absolute atomic E-state index is 0.0665. The summed E-state index contributed by atoms with van der Waals surface area (Å²) < 4.78 is 5.36. The second-order valence-electron chi connectivity index (χ2n) is 5.55. The zero-order valence-electron chi connectivity index (χ0n) is 12.8. The predicted molar refractivity (Wildman–Crippen MR) is 89.0 cm³/mol. The van der Waals surface area contributed by atoms with E-state index < -0.39 is 4.92 Å². The Morgan fingerprint density at radius 1 is 1.21 bits per heavy atom. The van der Waals surface area contributed by atoms with Crippen molar-refractivity contribution in [3.8, 4) is 11.4 Å². The van der Waals surface area contributed by atoms with Gasteiger partial charge in [-0.25, -0.2) is 9.97 Å². The summed E-state index contributed by atoms with van der Waals surface area (Å²) in [6.45, 7) is 3.26. The molecule has 1 aliphatic heterocycles. The zero-order chi connectivity index (χ0) is 16.5. The van der Waals surface area contributed by atoms with Gasteiger partial charge in [0.2, 0.25) is 0 Å². The van der Waals surface area contributed by atoms with Crippen molar-refractivity contribution in [1.29, 1.82) is 0 Å². The van der Waals surface area contributed by atoms with Gasteiger partial charge < -0.3 is 14.6 Å². The van der Waals surface area contributed by atoms with Crippen LogP contribution in [0.3, 0.4) is 0 Å². The van der Waals surface area contributed by atoms with Crippen molar-refractivity contribution in [3.05, 3.63) is 46.6 Å². The van der Waals surface area contributed by atoms with Crippen molar-refractivity contribution in [2.24, 2.45) is 0 Å². The van der Waals surface area contributed by atoms with Gasteiger partial charge in [0.1, 0.15) is 17.5 Å². The minimum atomic E-state index is -0.474. The van der Waals surface area contributed by atoms with Gasteiger partial charge in [0, 0.05) is 30.4 Å². The lowest BCUT2D eigenvalue weighted by atomic mass is 10.2. The van der Waals surface area contributed by atoms with Crippen molar-refractivity contribution >= 4 is 22.5 Å². The highest BCUT2D eigenvalue weighted by atomic mass is 16.6. The largest absolute Gasteiger partial charge is 0.378 e. The fourth-order valence-electron chi connectivity index (χ4n) is 2.77. The van der Waals surface area contributed by atoms with Crippen LogP contribution in [-0.2, 0) is 4.74 Å². The molecule has 0 aliphatic carbocycles. The van der Waals surface area contributed by atoms with Crippen LogP contribution in [0.4, 0.5) is 11.4 Å². The van der Waals surface area contributed by atoms with Crippen LogP contribution in [0.25, 0.3) is 22.6 Å². The molecule has 1 aromatic carbocycles. The Bertz CT molecular complexity index is 884. The van der Waals surface area contributed by atoms with Gasteiger partial charge in [-0.2, -0.15) is 0 Å². The number of hydrogen-bond donors (Lipinski definition) is 1. The van der Waals surface area contributed by atoms with Crippen LogP contribution in [0.15, 0.2) is 36.5 Å². The maximum atomic E-state index is 10.8. The van der Waals surface area contributed by atoms with E-state index in [1.165, 1.54) is 12.3 Å². The number of H-pyrrole nitrogens is 1. The summed E-state index contributed by atoms with van der Waals surface area (Å²) in [4.78, 5) is 24.2. The number of morpholine rings is 1. The molecule has 0 unspecified atom stereocenters. The summed E-state index contributed by atoms with van der Waals surface area (Å²) in [5.41, 5.74) is 3.01. The Labute approximate surface area is 137 Å². The first kappa shape index (κ1) is 14.6. The van der Waals surface area contributed by atoms with Crippen molar-refractivity contribution in [2.75, 3.05) is 31.2 Å². The van der Waals surface area contributed by atoms with E-state index in [0.717, 1.165) is 37.6 Å². The van der Waals surface area contributed by atoms with E-state index in [0.29, 0.717) is 17.0 Å². The fraction of sp³-hybridized carbons (Fsp3) is 0.250. The Balaban J connectivity index is 1.63. The fourth-order valence-corrected chi connectivity index (χ4v) is 2.77. The van der Waals surface area contributed by atoms with Crippen molar-refractivity contribution in [2.45, 2.75) is 0 Å². The second-order valence-corrected chi connectivity index (χ2v) is 5.55. The lowest BCUT2D eigenvalue weighted by molar-refractivity contribution is -0.385. The molecule has 0 spiro atoms. The van der Waals surface area contributed by atoms with Gasteiger partial charge in [-0.15, -0.1) is 0 Å². The van der Waals surface area contributed by atoms with Crippen LogP contribution in [0.2, 0.25) is 0 Å². The molecule has 0 bridgehead atoms. The first-order chi connectivity index (χ1) is 11.7. The molecule has 4 rings (SSSR count). The zero-order valence-corrected chi connectivity index (χ0v) is 12.8. The number of ether oxygens (including phenoxy) is 1. The molecule has 1 fully saturated rings. The molecule has 1 saturated heterocycles. The summed E-state index contributed by atoms with van der Waals surface area (Å²) in [6.07, 6.45) is 1.23. The number of nitrogens with one attached hydrogen (secondary N) is 1. The minimum Gasteiger partial charge on any atom is -0.378 e. The average molecular weight is 325 g/mol. The van der Waals surface area contributed by atoms with E-state index in [-0.39, 0.29) is 5.69 Å². The maximum Gasteiger partial charge on any atom is 0.289 e. The smallest absolute Gasteiger partial charge is 0.289 e. The molecule has 0 radical (unpaired) electrons. The first-order valence-corrected chi connectivity index (χ1v) is 7.64. The van der Waals surface area contributed by atoms with E-state index in [4.69, 9.17) is 4.74 Å². The number of fused-ring (bicyclic) bond motifs is 1. The highest BCUT2D eigenvalue weighted by Gasteiger charge is 2.14. The van der Waals surface area contributed by atoms with Crippen LogP contribution in [0, 0.1) is 10.1 Å². The average Bonchev–Trinajstić information content (AvgIpc) is 3.06. The van der Waals surface area contributed by atoms with Crippen LogP contribution in [-0.4, -0.2) is 46.2 Å². The summed E-state index contributed by atoms with van der Waals surface area (Å²) in [6, 6.07) is 9.48. The number of anilines is 1. The molecule has 0 atom stereocenters. The molecule has 2 aromatic heterocycles. The van der Waals surface area contributed by atoms with Crippen LogP contribution in [0.1, 0.15) is 0 Å². The third-order valence-corrected chi connectivity index (χ3v) is 4.05. The van der Waals surface area contributed by atoms with Crippen LogP contribution >= 0.6 is 0 Å². The molecule has 0 saturated carbocycles. The number of aromatic nitrogens is 3. The van der Waals surface area contributed by atoms with Crippen molar-refractivity contribution in [1.82, 2.24) is 15.0 Å². The van der Waals surface area contributed by atoms with Gasteiger partial charge in [0.25, 0.3) is 5.69 Å². The third-order valence-electron chi connectivity index (χ3n) is 4.05. The third kappa shape index (κ3) is 2.67. The monoisotopic (exact) mass is 325 g/mol. The number of rotatable bonds is 3. The quantitative estimate of drug-likeness (QED) is 0.586. The number of nitro groups is 1. The lowest BCUT2D eigenvalue weighted by Crippen LogP contribution is -2.36. The van der Waals surface area contributed by atoms with Gasteiger partial charge in [0.15, 0.2) is 5.65 Å². The van der Waals surface area contributed by atoms with E-state index in [9.17, 15) is 10.1 Å². The molecule has 8 nitrogen and oxygen atoms in total. The van der Waals surface area contributed by atoms with Gasteiger partial charge in [-0.3, -0.25) is 10.1 Å². The number of pyridine rings is 1. The van der Waals surface area contributed by atoms with E-state index >= 15 is 0 Å². The first-order valence-electron chi connectivity index (χ1n) is 7.64. The van der Waals surface area contributed by atoms with Crippen LogP contribution < -0.4 is 4.90 Å². The molecule has 1 aliphatic rings. The number of nitrogens with zero attached hydrogens (tertiary/aromatic N) is 4. The summed E-state index contributed by atoms with van der Waals surface area (Å²) in [5.74, 6) is 0.645. The van der Waals surface area contributed by atoms with Crippen molar-refractivity contribution < 1.29 is 9.66 Å². The van der Waals surface area contributed by atoms with Gasteiger partial charge in [-0.1, -0.05) is 0 Å². The molecule has 1 N–H and O–H groups in total. The van der Waals surface area contributed by atoms with Gasteiger partial charge in [-0.05, 0) is 24.3 Å². The normalized spacial score (nSPS) is 14.9.